The van der Waals surface area contributed by atoms with E-state index in [9.17, 15) is 9.59 Å². The van der Waals surface area contributed by atoms with Crippen LogP contribution in [0.1, 0.15) is 64.4 Å². The van der Waals surface area contributed by atoms with E-state index in [0.717, 1.165) is 62.0 Å². The van der Waals surface area contributed by atoms with Crippen molar-refractivity contribution in [3.05, 3.63) is 41.0 Å². The third-order valence-electron chi connectivity index (χ3n) is 9.93. The molecule has 194 valence electrons. The van der Waals surface area contributed by atoms with Crippen molar-refractivity contribution in [1.29, 1.82) is 0 Å². The lowest BCUT2D eigenvalue weighted by Gasteiger charge is -2.56. The summed E-state index contributed by atoms with van der Waals surface area (Å²) in [4.78, 5) is 28.0. The number of Topliss-reactive ketones (excluding diaryl/α,β-unsaturated/α-hetero) is 1. The van der Waals surface area contributed by atoms with Crippen molar-refractivity contribution in [1.82, 2.24) is 4.90 Å². The van der Waals surface area contributed by atoms with Crippen LogP contribution in [0.25, 0.3) is 6.08 Å². The Hall–Kier alpha value is -2.40. The zero-order chi connectivity index (χ0) is 25.7. The van der Waals surface area contributed by atoms with Gasteiger partial charge in [-0.15, -0.1) is 0 Å². The summed E-state index contributed by atoms with van der Waals surface area (Å²) in [5, 5.41) is 0. The summed E-state index contributed by atoms with van der Waals surface area (Å²) in [7, 11) is 5.70. The Bertz CT molecular complexity index is 1120. The molecule has 1 aromatic carbocycles. The number of carbonyl (C=O) groups is 2. The summed E-state index contributed by atoms with van der Waals surface area (Å²) in [6.45, 7) is 6.04. The number of likely N-dealkylation sites (N-methyl/N-ethyl adjacent to an activating group) is 1. The lowest BCUT2D eigenvalue weighted by molar-refractivity contribution is -0.130. The van der Waals surface area contributed by atoms with Gasteiger partial charge in [-0.3, -0.25) is 9.59 Å². The highest BCUT2D eigenvalue weighted by Gasteiger charge is 2.60. The second kappa shape index (κ2) is 9.48. The Balaban J connectivity index is 1.38. The number of benzene rings is 1. The number of rotatable bonds is 6. The monoisotopic (exact) mass is 491 g/mol. The topological polar surface area (TPSA) is 55.8 Å². The number of carbonyl (C=O) groups excluding carboxylic acids is 2. The molecule has 0 amide bonds. The van der Waals surface area contributed by atoms with E-state index < -0.39 is 0 Å². The first-order chi connectivity index (χ1) is 17.2. The first kappa shape index (κ1) is 25.3. The van der Waals surface area contributed by atoms with Crippen molar-refractivity contribution in [2.45, 2.75) is 58.8 Å². The van der Waals surface area contributed by atoms with Crippen LogP contribution >= 0.6 is 0 Å². The lowest BCUT2D eigenvalue weighted by Crippen LogP contribution is -2.50. The van der Waals surface area contributed by atoms with E-state index in [4.69, 9.17) is 9.47 Å². The van der Waals surface area contributed by atoms with E-state index in [1.54, 1.807) is 7.11 Å². The Kier molecular flexibility index (Phi) is 6.65. The summed E-state index contributed by atoms with van der Waals surface area (Å²) >= 11 is 0. The SMILES string of the molecule is COc1cc(/C=C2\C[C@H]3[C@@H]4CCC5=CC(=O)CC[C@]5(C)[C@H]4CC[C@]3(C)C2=O)ccc1OCCN(C)C. The molecule has 5 atom stereocenters. The Morgan fingerprint density at radius 1 is 1.03 bits per heavy atom. The number of ketones is 2. The van der Waals surface area contributed by atoms with Crippen molar-refractivity contribution >= 4 is 17.6 Å². The molecule has 0 spiro atoms. The maximum Gasteiger partial charge on any atom is 0.165 e. The van der Waals surface area contributed by atoms with Gasteiger partial charge in [0.1, 0.15) is 6.61 Å². The van der Waals surface area contributed by atoms with Crippen molar-refractivity contribution in [3.63, 3.8) is 0 Å². The van der Waals surface area contributed by atoms with Crippen molar-refractivity contribution in [2.75, 3.05) is 34.4 Å². The van der Waals surface area contributed by atoms with Crippen LogP contribution in [0, 0.1) is 28.6 Å². The molecule has 0 aliphatic heterocycles. The number of fused-ring (bicyclic) bond motifs is 5. The van der Waals surface area contributed by atoms with E-state index in [1.807, 2.05) is 38.4 Å². The predicted molar refractivity (Wildman–Crippen MR) is 142 cm³/mol. The molecular weight excluding hydrogens is 450 g/mol. The van der Waals surface area contributed by atoms with Crippen molar-refractivity contribution in [3.8, 4) is 11.5 Å². The third-order valence-corrected chi connectivity index (χ3v) is 9.93. The molecule has 0 heterocycles. The minimum atomic E-state index is -0.269. The van der Waals surface area contributed by atoms with Crippen LogP contribution in [0.3, 0.4) is 0 Å². The number of nitrogens with zero attached hydrogens (tertiary/aromatic N) is 1. The minimum Gasteiger partial charge on any atom is -0.493 e. The number of methoxy groups -OCH3 is 1. The average Bonchev–Trinajstić information content (AvgIpc) is 3.10. The molecule has 4 aliphatic rings. The number of ether oxygens (including phenoxy) is 2. The van der Waals surface area contributed by atoms with Gasteiger partial charge in [-0.1, -0.05) is 25.5 Å². The number of hydrogen-bond acceptors (Lipinski definition) is 5. The predicted octanol–water partition coefficient (Wildman–Crippen LogP) is 5.73. The molecule has 5 rings (SSSR count). The van der Waals surface area contributed by atoms with Crippen molar-refractivity contribution in [2.24, 2.45) is 28.6 Å². The zero-order valence-electron chi connectivity index (χ0n) is 22.6. The van der Waals surface area contributed by atoms with Crippen LogP contribution in [0.4, 0.5) is 0 Å². The quantitative estimate of drug-likeness (QED) is 0.476. The van der Waals surface area contributed by atoms with Gasteiger partial charge in [0, 0.05) is 18.4 Å². The van der Waals surface area contributed by atoms with Crippen LogP contribution in [0.2, 0.25) is 0 Å². The maximum absolute atomic E-state index is 13.8. The standard InChI is InChI=1S/C31H41NO4/c1-30-12-10-23(33)19-22(30)7-8-24-25(30)11-13-31(2)26(24)18-21(29(31)34)16-20-6-9-27(28(17-20)35-5)36-15-14-32(3)4/h6,9,16-17,19,24-26H,7-8,10-15,18H2,1-5H3/b21-16+/t24-,25+,26+,30+,31+/m1/s1. The van der Waals surface area contributed by atoms with Gasteiger partial charge in [0.25, 0.3) is 0 Å². The Labute approximate surface area is 215 Å². The first-order valence-electron chi connectivity index (χ1n) is 13.6. The average molecular weight is 492 g/mol. The van der Waals surface area contributed by atoms with E-state index in [2.05, 4.69) is 24.8 Å². The summed E-state index contributed by atoms with van der Waals surface area (Å²) in [6, 6.07) is 5.96. The van der Waals surface area contributed by atoms with Crippen LogP contribution < -0.4 is 9.47 Å². The third kappa shape index (κ3) is 4.23. The van der Waals surface area contributed by atoms with E-state index >= 15 is 0 Å². The fraction of sp³-hybridized carbons (Fsp3) is 0.613. The normalized spacial score (nSPS) is 34.8. The van der Waals surface area contributed by atoms with Gasteiger partial charge in [-0.25, -0.2) is 0 Å². The molecule has 0 saturated heterocycles. The van der Waals surface area contributed by atoms with Gasteiger partial charge < -0.3 is 14.4 Å². The summed E-state index contributed by atoms with van der Waals surface area (Å²) in [5.41, 5.74) is 3.18. The van der Waals surface area contributed by atoms with Crippen LogP contribution in [0.15, 0.2) is 35.4 Å². The highest BCUT2D eigenvalue weighted by molar-refractivity contribution is 6.06. The van der Waals surface area contributed by atoms with Gasteiger partial charge in [0.2, 0.25) is 0 Å². The summed E-state index contributed by atoms with van der Waals surface area (Å²) in [5.74, 6) is 3.58. The van der Waals surface area contributed by atoms with Gasteiger partial charge >= 0.3 is 0 Å². The fourth-order valence-corrected chi connectivity index (χ4v) is 7.79. The van der Waals surface area contributed by atoms with Gasteiger partial charge in [0.15, 0.2) is 23.1 Å². The summed E-state index contributed by atoms with van der Waals surface area (Å²) in [6.07, 6.45) is 10.7. The van der Waals surface area contributed by atoms with Crippen LogP contribution in [0.5, 0.6) is 11.5 Å². The Morgan fingerprint density at radius 2 is 1.83 bits per heavy atom. The summed E-state index contributed by atoms with van der Waals surface area (Å²) < 4.78 is 11.5. The first-order valence-corrected chi connectivity index (χ1v) is 13.6. The van der Waals surface area contributed by atoms with Gasteiger partial charge in [-0.05, 0) is 111 Å². The lowest BCUT2D eigenvalue weighted by atomic mass is 9.47. The molecule has 1 aromatic rings. The molecule has 0 N–H and O–H groups in total. The Morgan fingerprint density at radius 3 is 2.58 bits per heavy atom. The molecule has 3 saturated carbocycles. The van der Waals surface area contributed by atoms with E-state index in [0.29, 0.717) is 48.1 Å². The smallest absolute Gasteiger partial charge is 0.165 e. The molecule has 0 unspecified atom stereocenters. The molecule has 0 aromatic heterocycles. The van der Waals surface area contributed by atoms with Crippen LogP contribution in [-0.4, -0.2) is 50.8 Å². The minimum absolute atomic E-state index is 0.128. The van der Waals surface area contributed by atoms with Gasteiger partial charge in [-0.2, -0.15) is 0 Å². The largest absolute Gasteiger partial charge is 0.493 e. The van der Waals surface area contributed by atoms with E-state index in [-0.39, 0.29) is 10.8 Å². The molecule has 36 heavy (non-hydrogen) atoms. The van der Waals surface area contributed by atoms with Crippen LogP contribution in [-0.2, 0) is 9.59 Å². The molecule has 5 heteroatoms. The molecule has 4 aliphatic carbocycles. The van der Waals surface area contributed by atoms with Gasteiger partial charge in [0.05, 0.1) is 7.11 Å². The molecule has 5 nitrogen and oxygen atoms in total. The van der Waals surface area contributed by atoms with Crippen molar-refractivity contribution < 1.29 is 19.1 Å². The molecule has 0 bridgehead atoms. The molecule has 0 radical (unpaired) electrons. The highest BCUT2D eigenvalue weighted by atomic mass is 16.5. The second-order valence-corrected chi connectivity index (χ2v) is 12.2. The molecule has 3 fully saturated rings. The number of hydrogen-bond donors (Lipinski definition) is 0. The maximum atomic E-state index is 13.8. The highest BCUT2D eigenvalue weighted by Crippen LogP contribution is 2.65. The number of allylic oxidation sites excluding steroid dienone is 2. The van der Waals surface area contributed by atoms with E-state index in [1.165, 1.54) is 5.57 Å². The fourth-order valence-electron chi connectivity index (χ4n) is 7.79. The zero-order valence-corrected chi connectivity index (χ0v) is 22.6. The molecular formula is C31H41NO4. The second-order valence-electron chi connectivity index (χ2n) is 12.2.